The Labute approximate surface area is 204 Å². The standard InChI is InChI=1S/C24H25FN6O5/c1-29-21-20(22(33)30(2)24(29)34)31(13-17(32)14-36-19-10-8-18(35-3)9-11-19)23(27-21)28-26-12-15-4-6-16(25)7-5-15/h4-12,17,32H,13-14H2,1-3H3,(H,27,28)/b26-12-/t17-/m0/s1. The Balaban J connectivity index is 1.62. The summed E-state index contributed by atoms with van der Waals surface area (Å²) < 4.78 is 27.6. The summed E-state index contributed by atoms with van der Waals surface area (Å²) in [5.74, 6) is 0.965. The number of hydrazone groups is 1. The van der Waals surface area contributed by atoms with E-state index in [2.05, 4.69) is 15.5 Å². The van der Waals surface area contributed by atoms with Gasteiger partial charge in [-0.15, -0.1) is 0 Å². The first-order valence-electron chi connectivity index (χ1n) is 10.9. The van der Waals surface area contributed by atoms with Crippen LogP contribution in [0.15, 0.2) is 63.2 Å². The van der Waals surface area contributed by atoms with Gasteiger partial charge in [0.25, 0.3) is 5.56 Å². The maximum atomic E-state index is 13.1. The summed E-state index contributed by atoms with van der Waals surface area (Å²) >= 11 is 0. The Morgan fingerprint density at radius 3 is 2.42 bits per heavy atom. The number of aliphatic hydroxyl groups is 1. The van der Waals surface area contributed by atoms with E-state index in [4.69, 9.17) is 9.47 Å². The fourth-order valence-corrected chi connectivity index (χ4v) is 3.55. The molecule has 12 heteroatoms. The van der Waals surface area contributed by atoms with E-state index in [1.807, 2.05) is 0 Å². The Morgan fingerprint density at radius 2 is 1.75 bits per heavy atom. The van der Waals surface area contributed by atoms with Gasteiger partial charge >= 0.3 is 5.69 Å². The Morgan fingerprint density at radius 1 is 1.08 bits per heavy atom. The molecule has 0 saturated heterocycles. The molecule has 0 bridgehead atoms. The minimum absolute atomic E-state index is 0.0730. The topological polar surface area (TPSA) is 125 Å². The monoisotopic (exact) mass is 496 g/mol. The molecule has 0 aliphatic heterocycles. The number of benzene rings is 2. The first-order chi connectivity index (χ1) is 17.3. The fourth-order valence-electron chi connectivity index (χ4n) is 3.55. The van der Waals surface area contributed by atoms with Crippen molar-refractivity contribution in [2.24, 2.45) is 19.2 Å². The van der Waals surface area contributed by atoms with Gasteiger partial charge in [-0.3, -0.25) is 13.9 Å². The fraction of sp³-hybridized carbons (Fsp3) is 0.250. The predicted molar refractivity (Wildman–Crippen MR) is 132 cm³/mol. The number of halogens is 1. The summed E-state index contributed by atoms with van der Waals surface area (Å²) in [5, 5.41) is 14.8. The van der Waals surface area contributed by atoms with Crippen molar-refractivity contribution in [1.29, 1.82) is 0 Å². The zero-order chi connectivity index (χ0) is 25.8. The van der Waals surface area contributed by atoms with Crippen LogP contribution >= 0.6 is 0 Å². The van der Waals surface area contributed by atoms with Gasteiger partial charge in [-0.25, -0.2) is 14.6 Å². The normalized spacial score (nSPS) is 12.2. The summed E-state index contributed by atoms with van der Waals surface area (Å²) in [6.07, 6.45) is 0.414. The number of hydrogen-bond donors (Lipinski definition) is 2. The summed E-state index contributed by atoms with van der Waals surface area (Å²) in [4.78, 5) is 29.7. The molecule has 2 heterocycles. The summed E-state index contributed by atoms with van der Waals surface area (Å²) in [6.45, 7) is -0.148. The van der Waals surface area contributed by atoms with Crippen LogP contribution in [0.25, 0.3) is 11.2 Å². The Hall–Kier alpha value is -4.45. The van der Waals surface area contributed by atoms with Gasteiger partial charge in [0.15, 0.2) is 11.2 Å². The van der Waals surface area contributed by atoms with Crippen molar-refractivity contribution in [3.05, 3.63) is 80.7 Å². The van der Waals surface area contributed by atoms with E-state index >= 15 is 0 Å². The molecule has 11 nitrogen and oxygen atoms in total. The van der Waals surface area contributed by atoms with Crippen molar-refractivity contribution in [2.75, 3.05) is 19.1 Å². The summed E-state index contributed by atoms with van der Waals surface area (Å²) in [7, 11) is 4.42. The molecule has 0 radical (unpaired) electrons. The third kappa shape index (κ3) is 5.13. The first-order valence-corrected chi connectivity index (χ1v) is 10.9. The van der Waals surface area contributed by atoms with Crippen LogP contribution in [0, 0.1) is 5.82 Å². The van der Waals surface area contributed by atoms with E-state index in [9.17, 15) is 19.1 Å². The highest BCUT2D eigenvalue weighted by atomic mass is 19.1. The summed E-state index contributed by atoms with van der Waals surface area (Å²) in [5.41, 5.74) is 2.51. The lowest BCUT2D eigenvalue weighted by atomic mass is 10.2. The molecule has 0 saturated carbocycles. The van der Waals surface area contributed by atoms with Crippen LogP contribution < -0.4 is 26.1 Å². The molecule has 2 aromatic carbocycles. The molecule has 0 fully saturated rings. The number of hydrogen-bond acceptors (Lipinski definition) is 8. The lowest BCUT2D eigenvalue weighted by molar-refractivity contribution is 0.0938. The van der Waals surface area contributed by atoms with Crippen LogP contribution in [0.4, 0.5) is 10.3 Å². The maximum absolute atomic E-state index is 13.1. The predicted octanol–water partition coefficient (Wildman–Crippen LogP) is 1.47. The minimum Gasteiger partial charge on any atom is -0.497 e. The third-order valence-electron chi connectivity index (χ3n) is 5.49. The number of fused-ring (bicyclic) bond motifs is 1. The second-order valence-corrected chi connectivity index (χ2v) is 7.99. The second kappa shape index (κ2) is 10.4. The SMILES string of the molecule is COc1ccc(OC[C@@H](O)Cn2c(N/N=C\c3ccc(F)cc3)nc3c2c(=O)n(C)c(=O)n3C)cc1. The van der Waals surface area contributed by atoms with Crippen LogP contribution in [-0.2, 0) is 20.6 Å². The van der Waals surface area contributed by atoms with Crippen molar-refractivity contribution in [1.82, 2.24) is 18.7 Å². The molecule has 36 heavy (non-hydrogen) atoms. The van der Waals surface area contributed by atoms with E-state index in [1.165, 1.54) is 41.6 Å². The smallest absolute Gasteiger partial charge is 0.332 e. The Kier molecular flexibility index (Phi) is 7.15. The van der Waals surface area contributed by atoms with Gasteiger partial charge in [0, 0.05) is 14.1 Å². The van der Waals surface area contributed by atoms with Gasteiger partial charge in [0.1, 0.15) is 30.0 Å². The molecule has 0 unspecified atom stereocenters. The number of rotatable bonds is 9. The number of aromatic nitrogens is 4. The van der Waals surface area contributed by atoms with E-state index < -0.39 is 17.4 Å². The van der Waals surface area contributed by atoms with Gasteiger partial charge in [-0.2, -0.15) is 10.1 Å². The van der Waals surface area contributed by atoms with E-state index in [0.29, 0.717) is 17.1 Å². The number of aryl methyl sites for hydroxylation is 1. The van der Waals surface area contributed by atoms with Crippen molar-refractivity contribution in [2.45, 2.75) is 12.6 Å². The number of aliphatic hydroxyl groups excluding tert-OH is 1. The van der Waals surface area contributed by atoms with Crippen LogP contribution in [0.1, 0.15) is 5.56 Å². The quantitative estimate of drug-likeness (QED) is 0.266. The molecule has 0 amide bonds. The second-order valence-electron chi connectivity index (χ2n) is 7.99. The molecule has 1 atom stereocenters. The molecule has 0 aliphatic carbocycles. The largest absolute Gasteiger partial charge is 0.497 e. The maximum Gasteiger partial charge on any atom is 0.332 e. The van der Waals surface area contributed by atoms with Gasteiger partial charge in [-0.1, -0.05) is 12.1 Å². The van der Waals surface area contributed by atoms with E-state index in [-0.39, 0.29) is 36.1 Å². The number of imidazole rings is 1. The van der Waals surface area contributed by atoms with Crippen molar-refractivity contribution < 1.29 is 19.0 Å². The lowest BCUT2D eigenvalue weighted by Crippen LogP contribution is -2.38. The zero-order valence-corrected chi connectivity index (χ0v) is 19.9. The van der Waals surface area contributed by atoms with Crippen molar-refractivity contribution in [3.8, 4) is 11.5 Å². The van der Waals surface area contributed by atoms with Crippen LogP contribution in [0.3, 0.4) is 0 Å². The van der Waals surface area contributed by atoms with Gasteiger partial charge in [-0.05, 0) is 42.0 Å². The van der Waals surface area contributed by atoms with Crippen molar-refractivity contribution in [3.63, 3.8) is 0 Å². The first kappa shape index (κ1) is 24.7. The highest BCUT2D eigenvalue weighted by Gasteiger charge is 2.21. The average Bonchev–Trinajstić information content (AvgIpc) is 3.24. The van der Waals surface area contributed by atoms with Crippen LogP contribution in [-0.4, -0.2) is 49.8 Å². The molecule has 4 rings (SSSR count). The molecular weight excluding hydrogens is 471 g/mol. The number of nitrogens with one attached hydrogen (secondary N) is 1. The van der Waals surface area contributed by atoms with Crippen LogP contribution in [0.5, 0.6) is 11.5 Å². The average molecular weight is 496 g/mol. The number of nitrogens with zero attached hydrogens (tertiary/aromatic N) is 5. The molecule has 0 spiro atoms. The number of methoxy groups -OCH3 is 1. The minimum atomic E-state index is -1.03. The van der Waals surface area contributed by atoms with Gasteiger partial charge in [0.05, 0.1) is 19.9 Å². The van der Waals surface area contributed by atoms with E-state index in [1.54, 1.807) is 43.5 Å². The van der Waals surface area contributed by atoms with Gasteiger partial charge < -0.3 is 19.1 Å². The molecular formula is C24H25FN6O5. The molecule has 188 valence electrons. The zero-order valence-electron chi connectivity index (χ0n) is 19.9. The summed E-state index contributed by atoms with van der Waals surface area (Å²) in [6, 6.07) is 12.6. The van der Waals surface area contributed by atoms with Gasteiger partial charge in [0.2, 0.25) is 5.95 Å². The molecule has 2 N–H and O–H groups in total. The number of ether oxygens (including phenoxy) is 2. The number of anilines is 1. The highest BCUT2D eigenvalue weighted by molar-refractivity contribution is 5.80. The Bertz CT molecular complexity index is 1510. The van der Waals surface area contributed by atoms with Crippen LogP contribution in [0.2, 0.25) is 0 Å². The van der Waals surface area contributed by atoms with E-state index in [0.717, 1.165) is 4.57 Å². The lowest BCUT2D eigenvalue weighted by Gasteiger charge is -2.15. The molecule has 4 aromatic rings. The van der Waals surface area contributed by atoms with Crippen molar-refractivity contribution >= 4 is 23.3 Å². The third-order valence-corrected chi connectivity index (χ3v) is 5.49. The highest BCUT2D eigenvalue weighted by Crippen LogP contribution is 2.19. The molecule has 0 aliphatic rings. The molecule has 2 aromatic heterocycles.